The van der Waals surface area contributed by atoms with Gasteiger partial charge in [0.25, 0.3) is 0 Å². The molecule has 0 aliphatic heterocycles. The largest absolute Gasteiger partial charge is 0.286 e. The highest BCUT2D eigenvalue weighted by Gasteiger charge is 2.10. The molecule has 0 saturated heterocycles. The number of fused-ring (bicyclic) bond motifs is 1. The van der Waals surface area contributed by atoms with Gasteiger partial charge in [0.2, 0.25) is 5.91 Å². The Labute approximate surface area is 87.5 Å². The third-order valence-corrected chi connectivity index (χ3v) is 2.42. The molecule has 0 aliphatic rings. The van der Waals surface area contributed by atoms with Gasteiger partial charge >= 0.3 is 0 Å². The van der Waals surface area contributed by atoms with Crippen molar-refractivity contribution < 1.29 is 4.79 Å². The van der Waals surface area contributed by atoms with Gasteiger partial charge in [0.1, 0.15) is 6.07 Å². The predicted octanol–water partition coefficient (Wildman–Crippen LogP) is 2.48. The van der Waals surface area contributed by atoms with Crippen LogP contribution >= 0.6 is 0 Å². The molecule has 0 fully saturated rings. The van der Waals surface area contributed by atoms with E-state index in [2.05, 4.69) is 6.07 Å². The summed E-state index contributed by atoms with van der Waals surface area (Å²) in [6.45, 7) is 3.45. The lowest BCUT2D eigenvalue weighted by molar-refractivity contribution is 0.0941. The second-order valence-electron chi connectivity index (χ2n) is 3.56. The van der Waals surface area contributed by atoms with Gasteiger partial charge in [-0.15, -0.1) is 0 Å². The lowest BCUT2D eigenvalue weighted by atomic mass is 10.1. The summed E-state index contributed by atoms with van der Waals surface area (Å²) in [5.74, 6) is -0.0784. The van der Waals surface area contributed by atoms with Crippen LogP contribution in [0.4, 0.5) is 0 Å². The Kier molecular flexibility index (Phi) is 2.05. The van der Waals surface area contributed by atoms with Crippen molar-refractivity contribution in [3.05, 3.63) is 35.5 Å². The average Bonchev–Trinajstić information content (AvgIpc) is 2.55. The molecule has 0 saturated carbocycles. The Hall–Kier alpha value is -2.08. The molecule has 74 valence electrons. The predicted molar refractivity (Wildman–Crippen MR) is 57.7 cm³/mol. The van der Waals surface area contributed by atoms with Crippen LogP contribution in [0, 0.1) is 18.3 Å². The number of aromatic nitrogens is 1. The van der Waals surface area contributed by atoms with Crippen LogP contribution in [0.25, 0.3) is 10.9 Å². The lowest BCUT2D eigenvalue weighted by Gasteiger charge is -1.98. The highest BCUT2D eigenvalue weighted by molar-refractivity contribution is 5.95. The number of hydrogen-bond donors (Lipinski definition) is 0. The molecule has 0 spiro atoms. The second-order valence-corrected chi connectivity index (χ2v) is 3.56. The standard InChI is InChI=1S/C12H10N2O/c1-8-3-4-12-11(5-8)10(6-13)7-14(12)9(2)15/h3-5,7H,1-2H3. The molecule has 0 N–H and O–H groups in total. The van der Waals surface area contributed by atoms with Gasteiger partial charge in [-0.2, -0.15) is 5.26 Å². The van der Waals surface area contributed by atoms with Crippen molar-refractivity contribution in [3.63, 3.8) is 0 Å². The second kappa shape index (κ2) is 3.25. The maximum absolute atomic E-state index is 11.3. The van der Waals surface area contributed by atoms with Gasteiger partial charge < -0.3 is 0 Å². The van der Waals surface area contributed by atoms with Crippen molar-refractivity contribution in [2.24, 2.45) is 0 Å². The van der Waals surface area contributed by atoms with Gasteiger partial charge in [-0.3, -0.25) is 9.36 Å². The molecule has 0 bridgehead atoms. The minimum Gasteiger partial charge on any atom is -0.286 e. The number of carbonyl (C=O) groups is 1. The summed E-state index contributed by atoms with van der Waals surface area (Å²) in [6, 6.07) is 7.82. The number of hydrogen-bond acceptors (Lipinski definition) is 2. The molecule has 2 rings (SSSR count). The van der Waals surface area contributed by atoms with Crippen molar-refractivity contribution in [1.29, 1.82) is 5.26 Å². The molecule has 2 aromatic rings. The number of nitriles is 1. The van der Waals surface area contributed by atoms with Crippen molar-refractivity contribution >= 4 is 16.8 Å². The van der Waals surface area contributed by atoms with E-state index in [9.17, 15) is 4.79 Å². The summed E-state index contributed by atoms with van der Waals surface area (Å²) in [7, 11) is 0. The van der Waals surface area contributed by atoms with E-state index in [1.807, 2.05) is 25.1 Å². The molecule has 3 heteroatoms. The average molecular weight is 198 g/mol. The monoisotopic (exact) mass is 198 g/mol. The van der Waals surface area contributed by atoms with Gasteiger partial charge in [-0.1, -0.05) is 11.6 Å². The highest BCUT2D eigenvalue weighted by atomic mass is 16.1. The Morgan fingerprint density at radius 3 is 2.80 bits per heavy atom. The van der Waals surface area contributed by atoms with Crippen LogP contribution in [0.2, 0.25) is 0 Å². The Morgan fingerprint density at radius 2 is 2.20 bits per heavy atom. The van der Waals surface area contributed by atoms with Crippen molar-refractivity contribution in [2.75, 3.05) is 0 Å². The fourth-order valence-corrected chi connectivity index (χ4v) is 1.69. The minimum atomic E-state index is -0.0784. The molecule has 0 amide bonds. The third kappa shape index (κ3) is 1.40. The van der Waals surface area contributed by atoms with E-state index in [-0.39, 0.29) is 5.91 Å². The summed E-state index contributed by atoms with van der Waals surface area (Å²) in [4.78, 5) is 11.3. The zero-order valence-electron chi connectivity index (χ0n) is 8.61. The topological polar surface area (TPSA) is 45.8 Å². The van der Waals surface area contributed by atoms with E-state index in [0.717, 1.165) is 16.5 Å². The maximum Gasteiger partial charge on any atom is 0.227 e. The molecule has 0 radical (unpaired) electrons. The van der Waals surface area contributed by atoms with Crippen molar-refractivity contribution in [2.45, 2.75) is 13.8 Å². The molecule has 15 heavy (non-hydrogen) atoms. The zero-order valence-corrected chi connectivity index (χ0v) is 8.61. The van der Waals surface area contributed by atoms with Crippen LogP contribution in [0.1, 0.15) is 22.8 Å². The quantitative estimate of drug-likeness (QED) is 0.652. The molecule has 1 aromatic heterocycles. The molecule has 3 nitrogen and oxygen atoms in total. The minimum absolute atomic E-state index is 0.0784. The number of rotatable bonds is 0. The van der Waals surface area contributed by atoms with E-state index >= 15 is 0 Å². The summed E-state index contributed by atoms with van der Waals surface area (Å²) >= 11 is 0. The van der Waals surface area contributed by atoms with Gasteiger partial charge in [0, 0.05) is 18.5 Å². The van der Waals surface area contributed by atoms with Crippen LogP contribution in [0.5, 0.6) is 0 Å². The first-order chi connectivity index (χ1) is 7.13. The smallest absolute Gasteiger partial charge is 0.227 e. The first-order valence-electron chi connectivity index (χ1n) is 4.66. The Morgan fingerprint density at radius 1 is 1.47 bits per heavy atom. The summed E-state index contributed by atoms with van der Waals surface area (Å²) < 4.78 is 1.51. The molecule has 1 aromatic carbocycles. The Bertz CT molecular complexity index is 587. The van der Waals surface area contributed by atoms with Crippen LogP contribution in [-0.4, -0.2) is 10.5 Å². The number of aryl methyl sites for hydroxylation is 1. The fourth-order valence-electron chi connectivity index (χ4n) is 1.69. The van der Waals surface area contributed by atoms with E-state index in [1.165, 1.54) is 11.5 Å². The molecule has 0 unspecified atom stereocenters. The third-order valence-electron chi connectivity index (χ3n) is 2.42. The summed E-state index contributed by atoms with van der Waals surface area (Å²) in [5, 5.41) is 9.79. The van der Waals surface area contributed by atoms with Crippen LogP contribution in [0.15, 0.2) is 24.4 Å². The van der Waals surface area contributed by atoms with E-state index in [1.54, 1.807) is 6.20 Å². The van der Waals surface area contributed by atoms with Gasteiger partial charge in [0.05, 0.1) is 11.1 Å². The number of benzene rings is 1. The van der Waals surface area contributed by atoms with Crippen LogP contribution in [-0.2, 0) is 0 Å². The fraction of sp³-hybridized carbons (Fsp3) is 0.167. The van der Waals surface area contributed by atoms with Crippen molar-refractivity contribution in [3.8, 4) is 6.07 Å². The molecule has 1 heterocycles. The van der Waals surface area contributed by atoms with E-state index < -0.39 is 0 Å². The number of carbonyl (C=O) groups excluding carboxylic acids is 1. The molecule has 0 aliphatic carbocycles. The zero-order chi connectivity index (χ0) is 11.0. The van der Waals surface area contributed by atoms with Gasteiger partial charge in [-0.05, 0) is 19.1 Å². The molecule has 0 atom stereocenters. The highest BCUT2D eigenvalue weighted by Crippen LogP contribution is 2.21. The van der Waals surface area contributed by atoms with Crippen molar-refractivity contribution in [1.82, 2.24) is 4.57 Å². The summed E-state index contributed by atoms with van der Waals surface area (Å²) in [5.41, 5.74) is 2.42. The van der Waals surface area contributed by atoms with E-state index in [0.29, 0.717) is 5.56 Å². The van der Waals surface area contributed by atoms with Crippen LogP contribution < -0.4 is 0 Å². The van der Waals surface area contributed by atoms with Gasteiger partial charge in [-0.25, -0.2) is 0 Å². The normalized spacial score (nSPS) is 10.2. The summed E-state index contributed by atoms with van der Waals surface area (Å²) in [6.07, 6.45) is 1.59. The van der Waals surface area contributed by atoms with E-state index in [4.69, 9.17) is 5.26 Å². The molecular formula is C12H10N2O. The SMILES string of the molecule is CC(=O)n1cc(C#N)c2cc(C)ccc21. The molecular weight excluding hydrogens is 188 g/mol. The number of nitrogens with zero attached hydrogens (tertiary/aromatic N) is 2. The maximum atomic E-state index is 11.3. The lowest BCUT2D eigenvalue weighted by Crippen LogP contribution is -2.02. The van der Waals surface area contributed by atoms with Gasteiger partial charge in [0.15, 0.2) is 0 Å². The first-order valence-corrected chi connectivity index (χ1v) is 4.66. The Balaban J connectivity index is 2.88. The first kappa shape index (κ1) is 9.47. The van der Waals surface area contributed by atoms with Crippen LogP contribution in [0.3, 0.4) is 0 Å².